The first-order chi connectivity index (χ1) is 9.19. The summed E-state index contributed by atoms with van der Waals surface area (Å²) in [5.41, 5.74) is 2.15. The van der Waals surface area contributed by atoms with E-state index < -0.39 is 0 Å². The number of hydrogen-bond acceptors (Lipinski definition) is 3. The van der Waals surface area contributed by atoms with Gasteiger partial charge in [0.15, 0.2) is 11.3 Å². The van der Waals surface area contributed by atoms with E-state index in [4.69, 9.17) is 9.15 Å². The van der Waals surface area contributed by atoms with Crippen LogP contribution in [-0.4, -0.2) is 13.7 Å². The van der Waals surface area contributed by atoms with Crippen LogP contribution in [0.3, 0.4) is 0 Å². The van der Waals surface area contributed by atoms with Crippen LogP contribution in [0.15, 0.2) is 22.6 Å². The molecule has 0 fully saturated rings. The van der Waals surface area contributed by atoms with Gasteiger partial charge in [-0.15, -0.1) is 0 Å². The van der Waals surface area contributed by atoms with Crippen molar-refractivity contribution in [3.63, 3.8) is 0 Å². The second-order valence-corrected chi connectivity index (χ2v) is 5.11. The maximum absolute atomic E-state index is 6.04. The van der Waals surface area contributed by atoms with E-state index in [2.05, 4.69) is 32.2 Å². The average Bonchev–Trinajstić information content (AvgIpc) is 2.77. The summed E-state index contributed by atoms with van der Waals surface area (Å²) in [4.78, 5) is 0. The van der Waals surface area contributed by atoms with E-state index in [1.165, 1.54) is 10.9 Å². The summed E-state index contributed by atoms with van der Waals surface area (Å²) in [6.45, 7) is 8.35. The summed E-state index contributed by atoms with van der Waals surface area (Å²) in [6, 6.07) is 6.07. The molecule has 0 radical (unpaired) electrons. The Kier molecular flexibility index (Phi) is 4.48. The van der Waals surface area contributed by atoms with Crippen LogP contribution in [0, 0.1) is 0 Å². The fourth-order valence-electron chi connectivity index (χ4n) is 2.47. The minimum absolute atomic E-state index is 0.437. The Labute approximate surface area is 114 Å². The number of fused-ring (bicyclic) bond motifs is 1. The number of para-hydroxylation sites is 1. The van der Waals surface area contributed by atoms with Gasteiger partial charge in [-0.05, 0) is 24.9 Å². The summed E-state index contributed by atoms with van der Waals surface area (Å²) in [5.74, 6) is 2.27. The van der Waals surface area contributed by atoms with Gasteiger partial charge in [-0.25, -0.2) is 0 Å². The highest BCUT2D eigenvalue weighted by molar-refractivity contribution is 5.87. The molecule has 0 saturated heterocycles. The lowest BCUT2D eigenvalue weighted by molar-refractivity contribution is 0.405. The Bertz CT molecular complexity index is 543. The largest absolute Gasteiger partial charge is 0.493 e. The van der Waals surface area contributed by atoms with Gasteiger partial charge < -0.3 is 14.5 Å². The molecule has 0 aliphatic carbocycles. The van der Waals surface area contributed by atoms with E-state index in [1.54, 1.807) is 7.11 Å². The molecule has 0 amide bonds. The zero-order chi connectivity index (χ0) is 13.8. The van der Waals surface area contributed by atoms with Crippen molar-refractivity contribution in [3.8, 4) is 5.75 Å². The molecule has 104 valence electrons. The lowest BCUT2D eigenvalue weighted by atomic mass is 9.99. The quantitative estimate of drug-likeness (QED) is 0.796. The molecule has 1 heterocycles. The fraction of sp³-hybridized carbons (Fsp3) is 0.500. The molecule has 0 bridgehead atoms. The van der Waals surface area contributed by atoms with E-state index in [1.807, 2.05) is 12.1 Å². The molecule has 1 aromatic heterocycles. The highest BCUT2D eigenvalue weighted by atomic mass is 16.5. The molecule has 2 rings (SSSR count). The van der Waals surface area contributed by atoms with E-state index in [0.29, 0.717) is 5.92 Å². The van der Waals surface area contributed by atoms with Gasteiger partial charge in [0.2, 0.25) is 0 Å². The van der Waals surface area contributed by atoms with Crippen molar-refractivity contribution in [3.05, 3.63) is 29.5 Å². The second-order valence-electron chi connectivity index (χ2n) is 5.11. The average molecular weight is 261 g/mol. The number of methoxy groups -OCH3 is 1. The molecule has 3 heteroatoms. The van der Waals surface area contributed by atoms with Crippen molar-refractivity contribution in [1.29, 1.82) is 0 Å². The highest BCUT2D eigenvalue weighted by Gasteiger charge is 2.18. The number of ether oxygens (including phenoxy) is 1. The predicted octanol–water partition coefficient (Wildman–Crippen LogP) is 4.06. The molecular weight excluding hydrogens is 238 g/mol. The summed E-state index contributed by atoms with van der Waals surface area (Å²) in [7, 11) is 1.68. The van der Waals surface area contributed by atoms with Gasteiger partial charge in [-0.1, -0.05) is 32.9 Å². The van der Waals surface area contributed by atoms with Crippen molar-refractivity contribution in [2.45, 2.75) is 39.7 Å². The topological polar surface area (TPSA) is 34.4 Å². The zero-order valence-electron chi connectivity index (χ0n) is 12.2. The first-order valence-corrected chi connectivity index (χ1v) is 6.98. The SMILES string of the molecule is CCCNCc1oc2c(OC)cccc2c1C(C)C. The monoisotopic (exact) mass is 261 g/mol. The van der Waals surface area contributed by atoms with E-state index in [-0.39, 0.29) is 0 Å². The number of benzene rings is 1. The lowest BCUT2D eigenvalue weighted by Crippen LogP contribution is -2.14. The third-order valence-electron chi connectivity index (χ3n) is 3.30. The Morgan fingerprint density at radius 3 is 2.74 bits per heavy atom. The number of hydrogen-bond donors (Lipinski definition) is 1. The Hall–Kier alpha value is -1.48. The molecule has 2 aromatic rings. The second kappa shape index (κ2) is 6.11. The van der Waals surface area contributed by atoms with Gasteiger partial charge in [0.05, 0.1) is 13.7 Å². The van der Waals surface area contributed by atoms with E-state index in [9.17, 15) is 0 Å². The molecular formula is C16H23NO2. The predicted molar refractivity (Wildman–Crippen MR) is 78.9 cm³/mol. The Balaban J connectivity index is 2.47. The fourth-order valence-corrected chi connectivity index (χ4v) is 2.47. The van der Waals surface area contributed by atoms with Crippen LogP contribution in [0.4, 0.5) is 0 Å². The highest BCUT2D eigenvalue weighted by Crippen LogP contribution is 2.36. The minimum atomic E-state index is 0.437. The van der Waals surface area contributed by atoms with Gasteiger partial charge in [0, 0.05) is 10.9 Å². The standard InChI is InChI=1S/C16H23NO2/c1-5-9-17-10-14-15(11(2)3)12-7-6-8-13(18-4)16(12)19-14/h6-8,11,17H,5,9-10H2,1-4H3. The maximum Gasteiger partial charge on any atom is 0.176 e. The molecule has 0 aliphatic rings. The van der Waals surface area contributed by atoms with Gasteiger partial charge >= 0.3 is 0 Å². The normalized spacial score (nSPS) is 11.4. The molecule has 1 N–H and O–H groups in total. The molecule has 0 unspecified atom stereocenters. The van der Waals surface area contributed by atoms with Crippen LogP contribution in [0.2, 0.25) is 0 Å². The minimum Gasteiger partial charge on any atom is -0.493 e. The van der Waals surface area contributed by atoms with Crippen molar-refractivity contribution >= 4 is 11.0 Å². The van der Waals surface area contributed by atoms with Gasteiger partial charge in [0.1, 0.15) is 5.76 Å². The third-order valence-corrected chi connectivity index (χ3v) is 3.30. The number of rotatable bonds is 6. The van der Waals surface area contributed by atoms with Crippen molar-refractivity contribution < 1.29 is 9.15 Å². The van der Waals surface area contributed by atoms with Crippen LogP contribution < -0.4 is 10.1 Å². The van der Waals surface area contributed by atoms with Crippen LogP contribution in [0.1, 0.15) is 44.4 Å². The van der Waals surface area contributed by atoms with E-state index in [0.717, 1.165) is 36.6 Å². The van der Waals surface area contributed by atoms with Crippen LogP contribution in [0.25, 0.3) is 11.0 Å². The summed E-state index contributed by atoms with van der Waals surface area (Å²) < 4.78 is 11.4. The maximum atomic E-state index is 6.04. The molecule has 19 heavy (non-hydrogen) atoms. The molecule has 1 aromatic carbocycles. The molecule has 3 nitrogen and oxygen atoms in total. The van der Waals surface area contributed by atoms with Crippen molar-refractivity contribution in [2.24, 2.45) is 0 Å². The van der Waals surface area contributed by atoms with Crippen molar-refractivity contribution in [2.75, 3.05) is 13.7 Å². The van der Waals surface area contributed by atoms with Crippen LogP contribution in [0.5, 0.6) is 5.75 Å². The van der Waals surface area contributed by atoms with Crippen LogP contribution in [-0.2, 0) is 6.54 Å². The molecule has 0 saturated carbocycles. The summed E-state index contributed by atoms with van der Waals surface area (Å²) >= 11 is 0. The number of furan rings is 1. The van der Waals surface area contributed by atoms with Gasteiger partial charge in [-0.3, -0.25) is 0 Å². The Morgan fingerprint density at radius 1 is 1.32 bits per heavy atom. The zero-order valence-corrected chi connectivity index (χ0v) is 12.2. The number of nitrogens with one attached hydrogen (secondary N) is 1. The van der Waals surface area contributed by atoms with Crippen molar-refractivity contribution in [1.82, 2.24) is 5.32 Å². The summed E-state index contributed by atoms with van der Waals surface area (Å²) in [5, 5.41) is 4.58. The third kappa shape index (κ3) is 2.76. The van der Waals surface area contributed by atoms with Crippen LogP contribution >= 0.6 is 0 Å². The summed E-state index contributed by atoms with van der Waals surface area (Å²) in [6.07, 6.45) is 1.13. The first-order valence-electron chi connectivity index (χ1n) is 6.98. The first kappa shape index (κ1) is 13.9. The Morgan fingerprint density at radius 2 is 2.11 bits per heavy atom. The molecule has 0 aliphatic heterocycles. The smallest absolute Gasteiger partial charge is 0.176 e. The molecule has 0 spiro atoms. The lowest BCUT2D eigenvalue weighted by Gasteiger charge is -2.07. The molecule has 0 atom stereocenters. The van der Waals surface area contributed by atoms with Gasteiger partial charge in [0.25, 0.3) is 0 Å². The van der Waals surface area contributed by atoms with Gasteiger partial charge in [-0.2, -0.15) is 0 Å². The van der Waals surface area contributed by atoms with E-state index >= 15 is 0 Å².